The highest BCUT2D eigenvalue weighted by atomic mass is 79.9. The second kappa shape index (κ2) is 7.57. The van der Waals surface area contributed by atoms with Gasteiger partial charge >= 0.3 is 0 Å². The third-order valence-corrected chi connectivity index (χ3v) is 7.05. The molecular formula is C26H20BrNO4. The molecule has 0 aromatic heterocycles. The van der Waals surface area contributed by atoms with Gasteiger partial charge in [-0.1, -0.05) is 52.3 Å². The van der Waals surface area contributed by atoms with Crippen molar-refractivity contribution in [2.24, 2.45) is 5.92 Å². The Morgan fingerprint density at radius 1 is 0.906 bits per heavy atom. The van der Waals surface area contributed by atoms with Crippen LogP contribution in [0.3, 0.4) is 0 Å². The number of nitrogens with one attached hydrogen (secondary N) is 1. The second-order valence-corrected chi connectivity index (χ2v) is 9.31. The Morgan fingerprint density at radius 3 is 2.53 bits per heavy atom. The van der Waals surface area contributed by atoms with Crippen LogP contribution in [0.15, 0.2) is 65.1 Å². The smallest absolute Gasteiger partial charge is 0.204 e. The van der Waals surface area contributed by atoms with E-state index in [1.807, 2.05) is 24.3 Å². The van der Waals surface area contributed by atoms with Gasteiger partial charge in [-0.15, -0.1) is 0 Å². The standard InChI is InChI=1S/C26H20BrNO4/c27-14-10-11-21-19(13-14)23(18-8-4-12-31-26(18)32-21)28-20-9-3-7-17-22(20)25(30)16-6-2-1-5-15(16)24(17)29/h1-3,5-7,9-11,13,18,23,26,28H,4,8,12H2/t18-,23+,26+/m1/s1. The van der Waals surface area contributed by atoms with Crippen molar-refractivity contribution in [1.29, 1.82) is 0 Å². The summed E-state index contributed by atoms with van der Waals surface area (Å²) in [4.78, 5) is 26.6. The van der Waals surface area contributed by atoms with Gasteiger partial charge in [0.2, 0.25) is 6.29 Å². The first kappa shape index (κ1) is 19.7. The van der Waals surface area contributed by atoms with Gasteiger partial charge in [0.25, 0.3) is 0 Å². The van der Waals surface area contributed by atoms with Crippen molar-refractivity contribution in [2.45, 2.75) is 25.2 Å². The molecule has 2 heterocycles. The van der Waals surface area contributed by atoms with Gasteiger partial charge in [0, 0.05) is 38.3 Å². The topological polar surface area (TPSA) is 64.6 Å². The molecule has 3 aromatic rings. The zero-order valence-electron chi connectivity index (χ0n) is 17.1. The van der Waals surface area contributed by atoms with E-state index >= 15 is 0 Å². The number of rotatable bonds is 2. The van der Waals surface area contributed by atoms with Crippen molar-refractivity contribution in [3.05, 3.63) is 93.0 Å². The lowest BCUT2D eigenvalue weighted by Crippen LogP contribution is -2.43. The molecule has 0 spiro atoms. The number of benzene rings is 3. The molecule has 32 heavy (non-hydrogen) atoms. The average molecular weight is 490 g/mol. The molecule has 0 radical (unpaired) electrons. The molecule has 6 heteroatoms. The summed E-state index contributed by atoms with van der Waals surface area (Å²) in [5.74, 6) is 0.610. The summed E-state index contributed by atoms with van der Waals surface area (Å²) in [5, 5.41) is 3.62. The maximum Gasteiger partial charge on any atom is 0.204 e. The molecule has 5 nitrogen and oxygen atoms in total. The van der Waals surface area contributed by atoms with E-state index in [1.165, 1.54) is 0 Å². The van der Waals surface area contributed by atoms with Crippen LogP contribution in [0.4, 0.5) is 5.69 Å². The van der Waals surface area contributed by atoms with Gasteiger partial charge in [-0.2, -0.15) is 0 Å². The number of ether oxygens (including phenoxy) is 2. The minimum atomic E-state index is -0.340. The highest BCUT2D eigenvalue weighted by Crippen LogP contribution is 2.46. The summed E-state index contributed by atoms with van der Waals surface area (Å²) in [7, 11) is 0. The fraction of sp³-hybridized carbons (Fsp3) is 0.231. The first-order valence-electron chi connectivity index (χ1n) is 10.8. The molecule has 2 aliphatic heterocycles. The van der Waals surface area contributed by atoms with E-state index in [0.29, 0.717) is 34.5 Å². The molecular weight excluding hydrogens is 470 g/mol. The Bertz CT molecular complexity index is 1270. The van der Waals surface area contributed by atoms with E-state index < -0.39 is 0 Å². The number of ketones is 2. The van der Waals surface area contributed by atoms with Crippen molar-refractivity contribution < 1.29 is 19.1 Å². The fourth-order valence-electron chi connectivity index (χ4n) is 5.07. The van der Waals surface area contributed by atoms with E-state index in [9.17, 15) is 9.59 Å². The number of hydrogen-bond acceptors (Lipinski definition) is 5. The van der Waals surface area contributed by atoms with E-state index in [4.69, 9.17) is 9.47 Å². The Hall–Kier alpha value is -2.96. The van der Waals surface area contributed by atoms with Gasteiger partial charge in [0.15, 0.2) is 11.6 Å². The van der Waals surface area contributed by atoms with Gasteiger partial charge < -0.3 is 14.8 Å². The van der Waals surface area contributed by atoms with E-state index in [-0.39, 0.29) is 29.8 Å². The number of anilines is 1. The maximum atomic E-state index is 13.4. The Labute approximate surface area is 193 Å². The quantitative estimate of drug-likeness (QED) is 0.401. The van der Waals surface area contributed by atoms with Crippen LogP contribution in [-0.4, -0.2) is 24.5 Å². The zero-order valence-corrected chi connectivity index (χ0v) is 18.7. The van der Waals surface area contributed by atoms with Crippen molar-refractivity contribution in [1.82, 2.24) is 0 Å². The van der Waals surface area contributed by atoms with E-state index in [2.05, 4.69) is 27.3 Å². The third-order valence-electron chi connectivity index (χ3n) is 6.56. The monoisotopic (exact) mass is 489 g/mol. The molecule has 0 saturated carbocycles. The molecule has 0 unspecified atom stereocenters. The van der Waals surface area contributed by atoms with Gasteiger partial charge in [-0.05, 0) is 37.1 Å². The number of fused-ring (bicyclic) bond motifs is 4. The number of hydrogen-bond donors (Lipinski definition) is 1. The molecule has 1 fully saturated rings. The molecule has 1 N–H and O–H groups in total. The van der Waals surface area contributed by atoms with Crippen LogP contribution in [0, 0.1) is 5.92 Å². The first-order chi connectivity index (χ1) is 15.6. The summed E-state index contributed by atoms with van der Waals surface area (Å²) in [6, 6.07) is 18.3. The minimum absolute atomic E-state index is 0.0862. The Balaban J connectivity index is 1.46. The van der Waals surface area contributed by atoms with Crippen LogP contribution in [0.2, 0.25) is 0 Å². The SMILES string of the molecule is O=C1c2ccccc2C(=O)c2c(N[C@@H]3c4cc(Br)ccc4O[C@@H]4OCCC[C@@H]43)cccc21. The van der Waals surface area contributed by atoms with Crippen molar-refractivity contribution in [2.75, 3.05) is 11.9 Å². The van der Waals surface area contributed by atoms with Gasteiger partial charge in [0.1, 0.15) is 5.75 Å². The van der Waals surface area contributed by atoms with Crippen LogP contribution in [0.25, 0.3) is 0 Å². The van der Waals surface area contributed by atoms with Gasteiger partial charge in [-0.25, -0.2) is 0 Å². The molecule has 6 rings (SSSR count). The van der Waals surface area contributed by atoms with Gasteiger partial charge in [0.05, 0.1) is 18.2 Å². The normalized spacial score (nSPS) is 23.3. The Kier molecular flexibility index (Phi) is 4.66. The fourth-order valence-corrected chi connectivity index (χ4v) is 5.45. The first-order valence-corrected chi connectivity index (χ1v) is 11.6. The van der Waals surface area contributed by atoms with Crippen LogP contribution >= 0.6 is 15.9 Å². The maximum absolute atomic E-state index is 13.4. The lowest BCUT2D eigenvalue weighted by Gasteiger charge is -2.42. The predicted molar refractivity (Wildman–Crippen MR) is 123 cm³/mol. The van der Waals surface area contributed by atoms with Gasteiger partial charge in [-0.3, -0.25) is 9.59 Å². The molecule has 160 valence electrons. The Morgan fingerprint density at radius 2 is 1.69 bits per heavy atom. The minimum Gasteiger partial charge on any atom is -0.464 e. The van der Waals surface area contributed by atoms with Crippen LogP contribution in [0.1, 0.15) is 56.3 Å². The molecule has 3 atom stereocenters. The third kappa shape index (κ3) is 3.01. The molecule has 0 bridgehead atoms. The summed E-state index contributed by atoms with van der Waals surface area (Å²) in [6.45, 7) is 0.671. The highest BCUT2D eigenvalue weighted by Gasteiger charge is 2.42. The van der Waals surface area contributed by atoms with Crippen molar-refractivity contribution in [3.8, 4) is 5.75 Å². The molecule has 3 aliphatic rings. The molecule has 3 aromatic carbocycles. The predicted octanol–water partition coefficient (Wildman–Crippen LogP) is 5.52. The van der Waals surface area contributed by atoms with E-state index in [1.54, 1.807) is 30.3 Å². The summed E-state index contributed by atoms with van der Waals surface area (Å²) in [5.41, 5.74) is 3.47. The lowest BCUT2D eigenvalue weighted by atomic mass is 9.81. The molecule has 0 amide bonds. The molecule has 1 saturated heterocycles. The highest BCUT2D eigenvalue weighted by molar-refractivity contribution is 9.10. The summed E-state index contributed by atoms with van der Waals surface area (Å²) < 4.78 is 13.0. The van der Waals surface area contributed by atoms with Crippen LogP contribution < -0.4 is 10.1 Å². The van der Waals surface area contributed by atoms with E-state index in [0.717, 1.165) is 28.6 Å². The van der Waals surface area contributed by atoms with Crippen molar-refractivity contribution in [3.63, 3.8) is 0 Å². The molecule has 1 aliphatic carbocycles. The lowest BCUT2D eigenvalue weighted by molar-refractivity contribution is -0.154. The largest absolute Gasteiger partial charge is 0.464 e. The van der Waals surface area contributed by atoms with Crippen LogP contribution in [0.5, 0.6) is 5.75 Å². The van der Waals surface area contributed by atoms with Crippen molar-refractivity contribution >= 4 is 33.2 Å². The zero-order chi connectivity index (χ0) is 21.8. The van der Waals surface area contributed by atoms with Crippen LogP contribution in [-0.2, 0) is 4.74 Å². The number of carbonyl (C=O) groups is 2. The summed E-state index contributed by atoms with van der Waals surface area (Å²) >= 11 is 3.57. The average Bonchev–Trinajstić information content (AvgIpc) is 2.82. The number of carbonyl (C=O) groups excluding carboxylic acids is 2. The second-order valence-electron chi connectivity index (χ2n) is 8.40. The number of halogens is 1. The summed E-state index contributed by atoms with van der Waals surface area (Å²) in [6.07, 6.45) is 1.55.